The molecule has 1 aromatic carbocycles. The first kappa shape index (κ1) is 12.6. The van der Waals surface area contributed by atoms with Gasteiger partial charge in [-0.3, -0.25) is 0 Å². The third-order valence-corrected chi connectivity index (χ3v) is 3.16. The topological polar surface area (TPSA) is 0 Å². The molecule has 0 spiro atoms. The summed E-state index contributed by atoms with van der Waals surface area (Å²) in [7, 11) is 0. The molecule has 0 amide bonds. The highest BCUT2D eigenvalue weighted by atomic mass is 79.9. The first-order valence-electron chi connectivity index (χ1n) is 4.57. The summed E-state index contributed by atoms with van der Waals surface area (Å²) in [6, 6.07) is 5.36. The van der Waals surface area contributed by atoms with Gasteiger partial charge in [-0.05, 0) is 30.5 Å². The molecule has 0 radical (unpaired) electrons. The fraction of sp³-hybridized carbons (Fsp3) is 0.455. The van der Waals surface area contributed by atoms with Crippen LogP contribution in [0.2, 0.25) is 0 Å². The summed E-state index contributed by atoms with van der Waals surface area (Å²) in [5.74, 6) is 0. The van der Waals surface area contributed by atoms with Gasteiger partial charge in [-0.15, -0.1) is 0 Å². The quantitative estimate of drug-likeness (QED) is 0.690. The molecule has 0 heterocycles. The van der Waals surface area contributed by atoms with Gasteiger partial charge in [0.15, 0.2) is 0 Å². The summed E-state index contributed by atoms with van der Waals surface area (Å²) < 4.78 is 36.4. The molecule has 4 heteroatoms. The summed E-state index contributed by atoms with van der Waals surface area (Å²) >= 11 is 3.06. The summed E-state index contributed by atoms with van der Waals surface area (Å²) in [5.41, 5.74) is 2.78. The molecule has 0 bridgehead atoms. The van der Waals surface area contributed by atoms with Crippen LogP contribution in [-0.2, 0) is 0 Å². The smallest absolute Gasteiger partial charge is 0.171 e. The van der Waals surface area contributed by atoms with Crippen molar-refractivity contribution in [3.8, 4) is 0 Å². The molecule has 0 saturated carbocycles. The highest BCUT2D eigenvalue weighted by Gasteiger charge is 2.31. The van der Waals surface area contributed by atoms with Gasteiger partial charge in [0.2, 0.25) is 0 Å². The van der Waals surface area contributed by atoms with Crippen LogP contribution in [0.25, 0.3) is 0 Å². The number of hydrogen-bond donors (Lipinski definition) is 0. The maximum absolute atomic E-state index is 12.1. The molecule has 84 valence electrons. The number of benzene rings is 1. The van der Waals surface area contributed by atoms with Crippen LogP contribution >= 0.6 is 15.9 Å². The van der Waals surface area contributed by atoms with E-state index < -0.39 is 17.4 Å². The summed E-state index contributed by atoms with van der Waals surface area (Å²) in [4.78, 5) is -0.656. The molecule has 0 aromatic heterocycles. The summed E-state index contributed by atoms with van der Waals surface area (Å²) in [5, 5.41) is 0. The fourth-order valence-electron chi connectivity index (χ4n) is 1.28. The zero-order valence-electron chi connectivity index (χ0n) is 8.53. The van der Waals surface area contributed by atoms with Crippen molar-refractivity contribution >= 4 is 15.9 Å². The summed E-state index contributed by atoms with van der Waals surface area (Å²) in [6.07, 6.45) is -4.97. The van der Waals surface area contributed by atoms with Crippen LogP contribution in [0.1, 0.15) is 27.9 Å². The van der Waals surface area contributed by atoms with E-state index in [1.165, 1.54) is 0 Å². The molecule has 0 saturated heterocycles. The van der Waals surface area contributed by atoms with Crippen molar-refractivity contribution in [2.24, 2.45) is 0 Å². The van der Waals surface area contributed by atoms with Crippen LogP contribution < -0.4 is 0 Å². The van der Waals surface area contributed by atoms with Gasteiger partial charge in [0.25, 0.3) is 0 Å². The van der Waals surface area contributed by atoms with Crippen molar-refractivity contribution in [3.63, 3.8) is 0 Å². The highest BCUT2D eigenvalue weighted by Crippen LogP contribution is 2.35. The predicted molar refractivity (Wildman–Crippen MR) is 58.3 cm³/mol. The van der Waals surface area contributed by atoms with E-state index in [-0.39, 0.29) is 0 Å². The van der Waals surface area contributed by atoms with Gasteiger partial charge in [-0.1, -0.05) is 34.1 Å². The highest BCUT2D eigenvalue weighted by molar-refractivity contribution is 9.09. The zero-order chi connectivity index (χ0) is 11.6. The Labute approximate surface area is 95.6 Å². The third kappa shape index (κ3) is 3.86. The fourth-order valence-corrected chi connectivity index (χ4v) is 1.93. The number of aryl methyl sites for hydroxylation is 2. The minimum atomic E-state index is -4.13. The Kier molecular flexibility index (Phi) is 3.82. The number of rotatable bonds is 2. The second-order valence-corrected chi connectivity index (χ2v) is 4.74. The third-order valence-electron chi connectivity index (χ3n) is 2.30. The monoisotopic (exact) mass is 280 g/mol. The maximum Gasteiger partial charge on any atom is 0.390 e. The summed E-state index contributed by atoms with van der Waals surface area (Å²) in [6.45, 7) is 3.83. The van der Waals surface area contributed by atoms with Crippen LogP contribution in [-0.4, -0.2) is 6.18 Å². The first-order chi connectivity index (χ1) is 6.79. The maximum atomic E-state index is 12.1. The average molecular weight is 281 g/mol. The van der Waals surface area contributed by atoms with Crippen molar-refractivity contribution < 1.29 is 13.2 Å². The molecule has 0 aliphatic heterocycles. The van der Waals surface area contributed by atoms with Gasteiger partial charge in [0, 0.05) is 4.83 Å². The van der Waals surface area contributed by atoms with Gasteiger partial charge in [-0.25, -0.2) is 0 Å². The number of halogens is 4. The largest absolute Gasteiger partial charge is 0.390 e. The van der Waals surface area contributed by atoms with E-state index in [9.17, 15) is 13.2 Å². The lowest BCUT2D eigenvalue weighted by Crippen LogP contribution is -2.10. The lowest BCUT2D eigenvalue weighted by molar-refractivity contribution is -0.134. The predicted octanol–water partition coefficient (Wildman–Crippen LogP) is 4.69. The molecule has 0 aliphatic rings. The molecule has 0 nitrogen and oxygen atoms in total. The first-order valence-corrected chi connectivity index (χ1v) is 5.49. The van der Waals surface area contributed by atoms with E-state index in [2.05, 4.69) is 15.9 Å². The van der Waals surface area contributed by atoms with Gasteiger partial charge < -0.3 is 0 Å². The molecule has 1 unspecified atom stereocenters. The van der Waals surface area contributed by atoms with Crippen molar-refractivity contribution in [1.82, 2.24) is 0 Å². The SMILES string of the molecule is Cc1ccc(C(Br)CC(F)(F)F)cc1C. The van der Waals surface area contributed by atoms with Gasteiger partial charge in [-0.2, -0.15) is 13.2 Å². The molecule has 0 aliphatic carbocycles. The Morgan fingerprint density at radius 1 is 1.20 bits per heavy atom. The Morgan fingerprint density at radius 2 is 1.80 bits per heavy atom. The van der Waals surface area contributed by atoms with Gasteiger partial charge >= 0.3 is 6.18 Å². The van der Waals surface area contributed by atoms with Gasteiger partial charge in [0.1, 0.15) is 0 Å². The second kappa shape index (κ2) is 4.56. The average Bonchev–Trinajstić information content (AvgIpc) is 2.06. The number of alkyl halides is 4. The standard InChI is InChI=1S/C11H12BrF3/c1-7-3-4-9(5-8(7)2)10(12)6-11(13,14)15/h3-5,10H,6H2,1-2H3. The van der Waals surface area contributed by atoms with Crippen LogP contribution in [0, 0.1) is 13.8 Å². The lowest BCUT2D eigenvalue weighted by atomic mass is 10.0. The van der Waals surface area contributed by atoms with E-state index in [1.807, 2.05) is 19.9 Å². The van der Waals surface area contributed by atoms with E-state index in [0.717, 1.165) is 11.1 Å². The minimum Gasteiger partial charge on any atom is -0.171 e. The van der Waals surface area contributed by atoms with Crippen LogP contribution in [0.3, 0.4) is 0 Å². The molecule has 1 rings (SSSR count). The van der Waals surface area contributed by atoms with E-state index in [4.69, 9.17) is 0 Å². The van der Waals surface area contributed by atoms with E-state index in [0.29, 0.717) is 5.56 Å². The van der Waals surface area contributed by atoms with Crippen molar-refractivity contribution in [2.75, 3.05) is 0 Å². The Morgan fingerprint density at radius 3 is 2.27 bits per heavy atom. The van der Waals surface area contributed by atoms with Crippen molar-refractivity contribution in [2.45, 2.75) is 31.3 Å². The Hall–Kier alpha value is -0.510. The van der Waals surface area contributed by atoms with Crippen molar-refractivity contribution in [3.05, 3.63) is 34.9 Å². The minimum absolute atomic E-state index is 0.656. The molecule has 0 N–H and O–H groups in total. The second-order valence-electron chi connectivity index (χ2n) is 3.63. The van der Waals surface area contributed by atoms with Crippen LogP contribution in [0.4, 0.5) is 13.2 Å². The zero-order valence-corrected chi connectivity index (χ0v) is 10.1. The Balaban J connectivity index is 2.83. The Bertz CT molecular complexity index is 344. The van der Waals surface area contributed by atoms with Crippen molar-refractivity contribution in [1.29, 1.82) is 0 Å². The van der Waals surface area contributed by atoms with Crippen LogP contribution in [0.5, 0.6) is 0 Å². The van der Waals surface area contributed by atoms with E-state index >= 15 is 0 Å². The van der Waals surface area contributed by atoms with Gasteiger partial charge in [0.05, 0.1) is 6.42 Å². The molecule has 1 aromatic rings. The number of hydrogen-bond acceptors (Lipinski definition) is 0. The molecular weight excluding hydrogens is 269 g/mol. The molecule has 15 heavy (non-hydrogen) atoms. The molecule has 0 fully saturated rings. The van der Waals surface area contributed by atoms with E-state index in [1.54, 1.807) is 12.1 Å². The molecule has 1 atom stereocenters. The normalized spacial score (nSPS) is 14.0. The van der Waals surface area contributed by atoms with Crippen LogP contribution in [0.15, 0.2) is 18.2 Å². The lowest BCUT2D eigenvalue weighted by Gasteiger charge is -2.14. The molecular formula is C11H12BrF3.